The number of hydrogen-bond donors (Lipinski definition) is 2. The van der Waals surface area contributed by atoms with Gasteiger partial charge in [-0.3, -0.25) is 5.10 Å². The minimum atomic E-state index is 0.465. The monoisotopic (exact) mass is 193 g/mol. The van der Waals surface area contributed by atoms with Crippen LogP contribution in [0.4, 0.5) is 0 Å². The molecule has 0 radical (unpaired) electrons. The lowest BCUT2D eigenvalue weighted by atomic mass is 9.95. The van der Waals surface area contributed by atoms with Crippen molar-refractivity contribution >= 4 is 0 Å². The molecule has 2 fully saturated rings. The number of nitrogens with zero attached hydrogens (tertiary/aromatic N) is 1. The molecule has 0 amide bonds. The third-order valence-electron chi connectivity index (χ3n) is 3.23. The zero-order valence-electron chi connectivity index (χ0n) is 8.07. The fourth-order valence-electron chi connectivity index (χ4n) is 2.48. The van der Waals surface area contributed by atoms with Crippen LogP contribution in [0.1, 0.15) is 24.8 Å². The highest BCUT2D eigenvalue weighted by atomic mass is 16.5. The number of rotatable bonds is 3. The molecule has 3 rings (SSSR count). The van der Waals surface area contributed by atoms with Gasteiger partial charge in [-0.25, -0.2) is 0 Å². The zero-order chi connectivity index (χ0) is 9.38. The first kappa shape index (κ1) is 8.44. The van der Waals surface area contributed by atoms with Crippen LogP contribution in [0.25, 0.3) is 0 Å². The van der Waals surface area contributed by atoms with Crippen LogP contribution in [-0.4, -0.2) is 28.4 Å². The first-order chi connectivity index (χ1) is 6.92. The second kappa shape index (κ2) is 3.37. The molecule has 2 N–H and O–H groups in total. The van der Waals surface area contributed by atoms with Crippen LogP contribution in [0.15, 0.2) is 12.4 Å². The first-order valence-corrected chi connectivity index (χ1v) is 5.28. The van der Waals surface area contributed by atoms with Crippen LogP contribution in [0.5, 0.6) is 0 Å². The van der Waals surface area contributed by atoms with Gasteiger partial charge in [0, 0.05) is 24.3 Å². The molecule has 0 spiro atoms. The predicted molar refractivity (Wildman–Crippen MR) is 51.7 cm³/mol. The van der Waals surface area contributed by atoms with E-state index in [1.807, 2.05) is 12.4 Å². The Bertz CT molecular complexity index is 298. The second-order valence-corrected chi connectivity index (χ2v) is 4.20. The van der Waals surface area contributed by atoms with Gasteiger partial charge in [0.05, 0.1) is 18.4 Å². The molecule has 1 aromatic heterocycles. The molecule has 0 saturated carbocycles. The standard InChI is InChI=1S/C10H15N3O/c1-2-10-9(3-8(1)14-10)11-4-7-5-12-13-6-7/h5-6,8-11H,1-4H2,(H,12,13)/t8-,9-,10+/m1/s1. The van der Waals surface area contributed by atoms with Gasteiger partial charge in [-0.2, -0.15) is 5.10 Å². The van der Waals surface area contributed by atoms with Crippen molar-refractivity contribution in [2.45, 2.75) is 44.1 Å². The number of aromatic amines is 1. The number of aromatic nitrogens is 2. The third kappa shape index (κ3) is 1.44. The summed E-state index contributed by atoms with van der Waals surface area (Å²) in [6, 6.07) is 0.559. The van der Waals surface area contributed by atoms with E-state index in [1.165, 1.54) is 24.8 Å². The molecular formula is C10H15N3O. The smallest absolute Gasteiger partial charge is 0.0733 e. The molecule has 0 unspecified atom stereocenters. The summed E-state index contributed by atoms with van der Waals surface area (Å²) < 4.78 is 5.77. The highest BCUT2D eigenvalue weighted by molar-refractivity contribution is 5.03. The van der Waals surface area contributed by atoms with Crippen molar-refractivity contribution in [3.8, 4) is 0 Å². The molecule has 3 heterocycles. The topological polar surface area (TPSA) is 49.9 Å². The van der Waals surface area contributed by atoms with Gasteiger partial charge in [0.1, 0.15) is 0 Å². The maximum Gasteiger partial charge on any atom is 0.0733 e. The van der Waals surface area contributed by atoms with E-state index in [-0.39, 0.29) is 0 Å². The first-order valence-electron chi connectivity index (χ1n) is 5.28. The van der Waals surface area contributed by atoms with Crippen LogP contribution in [0.3, 0.4) is 0 Å². The van der Waals surface area contributed by atoms with Gasteiger partial charge >= 0.3 is 0 Å². The minimum Gasteiger partial charge on any atom is -0.373 e. The Morgan fingerprint density at radius 3 is 3.21 bits per heavy atom. The van der Waals surface area contributed by atoms with Gasteiger partial charge < -0.3 is 10.1 Å². The lowest BCUT2D eigenvalue weighted by molar-refractivity contribution is 0.0973. The average Bonchev–Trinajstić information content (AvgIpc) is 2.91. The largest absolute Gasteiger partial charge is 0.373 e. The van der Waals surface area contributed by atoms with Crippen LogP contribution >= 0.6 is 0 Å². The van der Waals surface area contributed by atoms with E-state index in [4.69, 9.17) is 4.74 Å². The van der Waals surface area contributed by atoms with Gasteiger partial charge in [0.15, 0.2) is 0 Å². The Hall–Kier alpha value is -0.870. The molecule has 2 bridgehead atoms. The summed E-state index contributed by atoms with van der Waals surface area (Å²) in [5.41, 5.74) is 1.22. The Morgan fingerprint density at radius 1 is 1.57 bits per heavy atom. The van der Waals surface area contributed by atoms with Crippen LogP contribution in [0, 0.1) is 0 Å². The number of H-pyrrole nitrogens is 1. The summed E-state index contributed by atoms with van der Waals surface area (Å²) >= 11 is 0. The van der Waals surface area contributed by atoms with Crippen LogP contribution in [0.2, 0.25) is 0 Å². The maximum atomic E-state index is 5.77. The van der Waals surface area contributed by atoms with E-state index in [9.17, 15) is 0 Å². The summed E-state index contributed by atoms with van der Waals surface area (Å²) in [6.07, 6.45) is 8.46. The molecule has 0 aliphatic carbocycles. The Balaban J connectivity index is 1.54. The molecule has 2 aliphatic heterocycles. The van der Waals surface area contributed by atoms with E-state index in [1.54, 1.807) is 0 Å². The predicted octanol–water partition coefficient (Wildman–Crippen LogP) is 0.819. The summed E-state index contributed by atoms with van der Waals surface area (Å²) in [7, 11) is 0. The Labute approximate surface area is 83.0 Å². The van der Waals surface area contributed by atoms with Crippen molar-refractivity contribution in [3.63, 3.8) is 0 Å². The van der Waals surface area contributed by atoms with Crippen molar-refractivity contribution < 1.29 is 4.74 Å². The molecule has 2 aliphatic rings. The lowest BCUT2D eigenvalue weighted by Gasteiger charge is -2.19. The molecule has 3 atom stereocenters. The van der Waals surface area contributed by atoms with Crippen LogP contribution < -0.4 is 5.32 Å². The summed E-state index contributed by atoms with van der Waals surface area (Å²) in [5, 5.41) is 10.3. The second-order valence-electron chi connectivity index (χ2n) is 4.20. The summed E-state index contributed by atoms with van der Waals surface area (Å²) in [5.74, 6) is 0. The molecule has 76 valence electrons. The molecule has 14 heavy (non-hydrogen) atoms. The van der Waals surface area contributed by atoms with Gasteiger partial charge in [0.2, 0.25) is 0 Å². The molecule has 0 aromatic carbocycles. The molecule has 4 heteroatoms. The fraction of sp³-hybridized carbons (Fsp3) is 0.700. The van der Waals surface area contributed by atoms with Gasteiger partial charge in [-0.05, 0) is 19.3 Å². The normalized spacial score (nSPS) is 35.3. The van der Waals surface area contributed by atoms with Crippen molar-refractivity contribution in [1.82, 2.24) is 15.5 Å². The minimum absolute atomic E-state index is 0.465. The van der Waals surface area contributed by atoms with Crippen molar-refractivity contribution in [2.75, 3.05) is 0 Å². The Kier molecular flexibility index (Phi) is 2.03. The average molecular weight is 193 g/mol. The molecule has 4 nitrogen and oxygen atoms in total. The van der Waals surface area contributed by atoms with Crippen molar-refractivity contribution in [3.05, 3.63) is 18.0 Å². The van der Waals surface area contributed by atoms with Gasteiger partial charge in [-0.1, -0.05) is 0 Å². The van der Waals surface area contributed by atoms with Gasteiger partial charge in [-0.15, -0.1) is 0 Å². The zero-order valence-corrected chi connectivity index (χ0v) is 8.07. The maximum absolute atomic E-state index is 5.77. The van der Waals surface area contributed by atoms with E-state index in [0.29, 0.717) is 18.2 Å². The quantitative estimate of drug-likeness (QED) is 0.747. The molecule has 2 saturated heterocycles. The SMILES string of the molecule is c1n[nH]cc1CN[C@@H]1C[C@H]2CC[C@@H]1O2. The highest BCUT2D eigenvalue weighted by Gasteiger charge is 2.40. The number of fused-ring (bicyclic) bond motifs is 2. The van der Waals surface area contributed by atoms with E-state index in [2.05, 4.69) is 15.5 Å². The van der Waals surface area contributed by atoms with Gasteiger partial charge in [0.25, 0.3) is 0 Å². The fourth-order valence-corrected chi connectivity index (χ4v) is 2.48. The van der Waals surface area contributed by atoms with E-state index >= 15 is 0 Å². The molecule has 1 aromatic rings. The van der Waals surface area contributed by atoms with E-state index in [0.717, 1.165) is 6.54 Å². The lowest BCUT2D eigenvalue weighted by Crippen LogP contribution is -2.36. The summed E-state index contributed by atoms with van der Waals surface area (Å²) in [6.45, 7) is 0.897. The van der Waals surface area contributed by atoms with Crippen molar-refractivity contribution in [1.29, 1.82) is 0 Å². The van der Waals surface area contributed by atoms with Crippen molar-refractivity contribution in [2.24, 2.45) is 0 Å². The number of hydrogen-bond acceptors (Lipinski definition) is 3. The number of ether oxygens (including phenoxy) is 1. The molecular weight excluding hydrogens is 178 g/mol. The number of nitrogens with one attached hydrogen (secondary N) is 2. The highest BCUT2D eigenvalue weighted by Crippen LogP contribution is 2.34. The van der Waals surface area contributed by atoms with E-state index < -0.39 is 0 Å². The Morgan fingerprint density at radius 2 is 2.57 bits per heavy atom. The third-order valence-corrected chi connectivity index (χ3v) is 3.23. The van der Waals surface area contributed by atoms with Crippen LogP contribution in [-0.2, 0) is 11.3 Å². The summed E-state index contributed by atoms with van der Waals surface area (Å²) in [4.78, 5) is 0.